The Hall–Kier alpha value is -1.50. The summed E-state index contributed by atoms with van der Waals surface area (Å²) in [7, 11) is 1.41. The van der Waals surface area contributed by atoms with Gasteiger partial charge in [0.15, 0.2) is 5.41 Å². The van der Waals surface area contributed by atoms with Crippen LogP contribution in [0.2, 0.25) is 0 Å². The van der Waals surface area contributed by atoms with E-state index < -0.39 is 17.3 Å². The van der Waals surface area contributed by atoms with E-state index in [4.69, 9.17) is 5.11 Å². The number of carbonyl (C=O) groups excluding carboxylic acids is 1. The third-order valence-corrected chi connectivity index (χ3v) is 1.82. The van der Waals surface area contributed by atoms with E-state index in [-0.39, 0.29) is 6.42 Å². The van der Waals surface area contributed by atoms with Crippen LogP contribution in [0, 0.1) is 17.3 Å². The number of carboxylic acids is 1. The van der Waals surface area contributed by atoms with Gasteiger partial charge in [0, 0.05) is 13.5 Å². The molecule has 0 saturated carbocycles. The van der Waals surface area contributed by atoms with Gasteiger partial charge in [-0.2, -0.15) is 0 Å². The maximum Gasteiger partial charge on any atom is 0.319 e. The largest absolute Gasteiger partial charge is 0.480 e. The molecule has 0 aliphatic carbocycles. The molecule has 1 unspecified atom stereocenters. The second-order valence-corrected chi connectivity index (χ2v) is 2.82. The number of nitrogens with one attached hydrogen (secondary N) is 1. The lowest BCUT2D eigenvalue weighted by Crippen LogP contribution is -2.42. The second kappa shape index (κ2) is 4.51. The van der Waals surface area contributed by atoms with E-state index in [0.717, 1.165) is 0 Å². The minimum Gasteiger partial charge on any atom is -0.480 e. The number of aliphatic carboxylic acids is 1. The van der Waals surface area contributed by atoms with E-state index in [9.17, 15) is 9.59 Å². The van der Waals surface area contributed by atoms with Crippen LogP contribution in [-0.2, 0) is 9.59 Å². The minimum atomic E-state index is -1.45. The summed E-state index contributed by atoms with van der Waals surface area (Å²) in [5.41, 5.74) is -1.45. The van der Waals surface area contributed by atoms with E-state index in [1.54, 1.807) is 6.92 Å². The maximum absolute atomic E-state index is 11.2. The molecule has 0 fully saturated rings. The minimum absolute atomic E-state index is 0.0263. The Kier molecular flexibility index (Phi) is 3.99. The van der Waals surface area contributed by atoms with Crippen molar-refractivity contribution in [2.45, 2.75) is 20.3 Å². The van der Waals surface area contributed by atoms with Gasteiger partial charge < -0.3 is 10.4 Å². The molecule has 1 amide bonds. The summed E-state index contributed by atoms with van der Waals surface area (Å²) in [5, 5.41) is 11.1. The van der Waals surface area contributed by atoms with Crippen molar-refractivity contribution in [2.75, 3.05) is 7.05 Å². The first-order valence-electron chi connectivity index (χ1n) is 3.84. The molecular formula is C9H13NO3. The number of hydrogen-bond acceptors (Lipinski definition) is 2. The van der Waals surface area contributed by atoms with Gasteiger partial charge in [-0.15, -0.1) is 11.8 Å². The molecule has 4 heteroatoms. The number of amides is 1. The van der Waals surface area contributed by atoms with Gasteiger partial charge in [-0.3, -0.25) is 9.59 Å². The van der Waals surface area contributed by atoms with Crippen LogP contribution in [0.25, 0.3) is 0 Å². The van der Waals surface area contributed by atoms with E-state index in [0.29, 0.717) is 0 Å². The Morgan fingerprint density at radius 1 is 1.54 bits per heavy atom. The summed E-state index contributed by atoms with van der Waals surface area (Å²) in [6, 6.07) is 0. The molecule has 2 N–H and O–H groups in total. The van der Waals surface area contributed by atoms with Crippen molar-refractivity contribution in [2.24, 2.45) is 5.41 Å². The Balaban J connectivity index is 4.79. The topological polar surface area (TPSA) is 66.4 Å². The van der Waals surface area contributed by atoms with Gasteiger partial charge >= 0.3 is 5.97 Å². The van der Waals surface area contributed by atoms with Crippen molar-refractivity contribution in [3.05, 3.63) is 0 Å². The van der Waals surface area contributed by atoms with Gasteiger partial charge in [0.2, 0.25) is 5.91 Å². The number of carboxylic acid groups (broad SMARTS) is 1. The molecule has 0 bridgehead atoms. The molecule has 0 radical (unpaired) electrons. The molecule has 0 saturated heterocycles. The van der Waals surface area contributed by atoms with Crippen molar-refractivity contribution in [3.8, 4) is 11.8 Å². The molecule has 4 nitrogen and oxygen atoms in total. The van der Waals surface area contributed by atoms with E-state index in [1.807, 2.05) is 0 Å². The lowest BCUT2D eigenvalue weighted by Gasteiger charge is -2.19. The zero-order chi connectivity index (χ0) is 10.5. The highest BCUT2D eigenvalue weighted by Crippen LogP contribution is 2.21. The van der Waals surface area contributed by atoms with Gasteiger partial charge in [0.1, 0.15) is 0 Å². The molecule has 72 valence electrons. The molecule has 0 spiro atoms. The van der Waals surface area contributed by atoms with E-state index >= 15 is 0 Å². The molecule has 0 aliphatic heterocycles. The first-order chi connectivity index (χ1) is 5.99. The summed E-state index contributed by atoms with van der Waals surface area (Å²) in [6.45, 7) is 2.96. The van der Waals surface area contributed by atoms with Crippen molar-refractivity contribution in [1.29, 1.82) is 0 Å². The van der Waals surface area contributed by atoms with Crippen LogP contribution < -0.4 is 5.32 Å². The monoisotopic (exact) mass is 183 g/mol. The fourth-order valence-corrected chi connectivity index (χ4v) is 0.794. The SMILES string of the molecule is CC#CCC(C)(C(=O)O)C(=O)NC. The van der Waals surface area contributed by atoms with Gasteiger partial charge in [-0.1, -0.05) is 0 Å². The maximum atomic E-state index is 11.2. The molecular weight excluding hydrogens is 170 g/mol. The fourth-order valence-electron chi connectivity index (χ4n) is 0.794. The molecule has 0 aliphatic rings. The summed E-state index contributed by atoms with van der Waals surface area (Å²) < 4.78 is 0. The van der Waals surface area contributed by atoms with Gasteiger partial charge in [-0.25, -0.2) is 0 Å². The molecule has 0 rings (SSSR count). The highest BCUT2D eigenvalue weighted by Gasteiger charge is 2.39. The van der Waals surface area contributed by atoms with Crippen LogP contribution in [-0.4, -0.2) is 24.0 Å². The first-order valence-corrected chi connectivity index (χ1v) is 3.84. The molecule has 13 heavy (non-hydrogen) atoms. The summed E-state index contributed by atoms with van der Waals surface area (Å²) in [5.74, 6) is 3.47. The standard InChI is InChI=1S/C9H13NO3/c1-4-5-6-9(2,8(12)13)7(11)10-3/h6H2,1-3H3,(H,10,11)(H,12,13). The van der Waals surface area contributed by atoms with Gasteiger partial charge in [0.25, 0.3) is 0 Å². The predicted octanol–water partition coefficient (Wildman–Crippen LogP) is 0.237. The highest BCUT2D eigenvalue weighted by atomic mass is 16.4. The van der Waals surface area contributed by atoms with Crippen molar-refractivity contribution >= 4 is 11.9 Å². The second-order valence-electron chi connectivity index (χ2n) is 2.82. The van der Waals surface area contributed by atoms with Crippen molar-refractivity contribution in [1.82, 2.24) is 5.32 Å². The van der Waals surface area contributed by atoms with Crippen LogP contribution in [0.4, 0.5) is 0 Å². The Bertz CT molecular complexity index is 274. The molecule has 0 aromatic rings. The van der Waals surface area contributed by atoms with Crippen molar-refractivity contribution in [3.63, 3.8) is 0 Å². The molecule has 0 aromatic heterocycles. The Labute approximate surface area is 77.3 Å². The van der Waals surface area contributed by atoms with Crippen LogP contribution in [0.5, 0.6) is 0 Å². The Morgan fingerprint density at radius 3 is 2.38 bits per heavy atom. The molecule has 0 aromatic carbocycles. The van der Waals surface area contributed by atoms with E-state index in [2.05, 4.69) is 17.2 Å². The highest BCUT2D eigenvalue weighted by molar-refractivity contribution is 6.01. The lowest BCUT2D eigenvalue weighted by molar-refractivity contribution is -0.154. The predicted molar refractivity (Wildman–Crippen MR) is 47.9 cm³/mol. The average molecular weight is 183 g/mol. The average Bonchev–Trinajstić information content (AvgIpc) is 2.12. The first kappa shape index (κ1) is 11.5. The number of rotatable bonds is 3. The zero-order valence-corrected chi connectivity index (χ0v) is 7.97. The third-order valence-electron chi connectivity index (χ3n) is 1.82. The smallest absolute Gasteiger partial charge is 0.319 e. The number of carbonyl (C=O) groups is 2. The van der Waals surface area contributed by atoms with Crippen LogP contribution in [0.3, 0.4) is 0 Å². The zero-order valence-electron chi connectivity index (χ0n) is 7.97. The van der Waals surface area contributed by atoms with Crippen molar-refractivity contribution < 1.29 is 14.7 Å². The molecule has 1 atom stereocenters. The molecule has 0 heterocycles. The van der Waals surface area contributed by atoms with Crippen LogP contribution >= 0.6 is 0 Å². The normalized spacial score (nSPS) is 13.5. The summed E-state index contributed by atoms with van der Waals surface area (Å²) in [6.07, 6.45) is 0.0263. The van der Waals surface area contributed by atoms with Gasteiger partial charge in [-0.05, 0) is 13.8 Å². The fraction of sp³-hybridized carbons (Fsp3) is 0.556. The third kappa shape index (κ3) is 2.48. The van der Waals surface area contributed by atoms with Gasteiger partial charge in [0.05, 0.1) is 0 Å². The summed E-state index contributed by atoms with van der Waals surface area (Å²) >= 11 is 0. The quantitative estimate of drug-likeness (QED) is 0.486. The summed E-state index contributed by atoms with van der Waals surface area (Å²) in [4.78, 5) is 22.0. The number of hydrogen-bond donors (Lipinski definition) is 2. The Morgan fingerprint density at radius 2 is 2.08 bits per heavy atom. The van der Waals surface area contributed by atoms with E-state index in [1.165, 1.54) is 14.0 Å². The van der Waals surface area contributed by atoms with Crippen LogP contribution in [0.15, 0.2) is 0 Å². The van der Waals surface area contributed by atoms with Crippen LogP contribution in [0.1, 0.15) is 20.3 Å². The lowest BCUT2D eigenvalue weighted by atomic mass is 9.86.